The summed E-state index contributed by atoms with van der Waals surface area (Å²) in [5, 5.41) is 15.7. The van der Waals surface area contributed by atoms with Crippen molar-refractivity contribution in [3.8, 4) is 0 Å². The van der Waals surface area contributed by atoms with Gasteiger partial charge >= 0.3 is 12.1 Å². The van der Waals surface area contributed by atoms with Crippen molar-refractivity contribution in [2.45, 2.75) is 33.0 Å². The molecule has 138 valence electrons. The van der Waals surface area contributed by atoms with E-state index in [0.717, 1.165) is 23.5 Å². The van der Waals surface area contributed by atoms with Crippen molar-refractivity contribution in [3.05, 3.63) is 0 Å². The minimum absolute atomic E-state index is 0.452. The van der Waals surface area contributed by atoms with Gasteiger partial charge in [0.1, 0.15) is 0 Å². The largest absolute Gasteiger partial charge is 0.341 e. The number of nitrogens with zero attached hydrogens (tertiary/aromatic N) is 2. The average molecular weight is 407 g/mol. The fraction of sp³-hybridized carbons (Fsp3) is 0.500. The number of amides is 6. The molecule has 1 heterocycles. The van der Waals surface area contributed by atoms with Gasteiger partial charge in [-0.05, 0) is 13.8 Å². The first-order valence-corrected chi connectivity index (χ1v) is 9.56. The van der Waals surface area contributed by atoms with Crippen LogP contribution in [-0.2, 0) is 9.59 Å². The molecular formula is C12H18N6O4S3. The first-order chi connectivity index (χ1) is 11.8. The highest BCUT2D eigenvalue weighted by Crippen LogP contribution is 2.33. The Kier molecular flexibility index (Phi) is 8.65. The van der Waals surface area contributed by atoms with Crippen molar-refractivity contribution in [2.24, 2.45) is 0 Å². The summed E-state index contributed by atoms with van der Waals surface area (Å²) in [6, 6.07) is -1.16. The molecule has 1 rings (SSSR count). The predicted octanol–water partition coefficient (Wildman–Crippen LogP) is 0.410. The van der Waals surface area contributed by atoms with E-state index in [-0.39, 0.29) is 0 Å². The molecule has 0 fully saturated rings. The number of nitrogens with one attached hydrogen (secondary N) is 4. The van der Waals surface area contributed by atoms with Gasteiger partial charge in [-0.15, -0.1) is 10.2 Å². The molecular weight excluding hydrogens is 388 g/mol. The van der Waals surface area contributed by atoms with Gasteiger partial charge in [-0.25, -0.2) is 9.59 Å². The second-order valence-corrected chi connectivity index (χ2v) is 8.64. The zero-order valence-electron chi connectivity index (χ0n) is 13.9. The summed E-state index contributed by atoms with van der Waals surface area (Å²) >= 11 is 3.52. The third-order valence-corrected chi connectivity index (χ3v) is 5.90. The number of aromatic nitrogens is 2. The Morgan fingerprint density at radius 1 is 0.840 bits per heavy atom. The molecule has 1 aromatic rings. The Bertz CT molecular complexity index is 600. The Hall–Kier alpha value is -1.86. The van der Waals surface area contributed by atoms with Crippen LogP contribution in [0.4, 0.5) is 9.59 Å². The Balaban J connectivity index is 2.55. The SMILES string of the molecule is CNC(=O)NC(=O)C(C)Sc1nnc(SC(C)C(=O)NC(=O)NC)s1. The summed E-state index contributed by atoms with van der Waals surface area (Å²) in [6.45, 7) is 3.27. The minimum atomic E-state index is -0.582. The van der Waals surface area contributed by atoms with Gasteiger partial charge in [0.05, 0.1) is 10.5 Å². The summed E-state index contributed by atoms with van der Waals surface area (Å²) in [4.78, 5) is 45.8. The average Bonchev–Trinajstić information content (AvgIpc) is 3.00. The van der Waals surface area contributed by atoms with E-state index >= 15 is 0 Å². The Morgan fingerprint density at radius 2 is 1.20 bits per heavy atom. The van der Waals surface area contributed by atoms with Crippen molar-refractivity contribution < 1.29 is 19.2 Å². The van der Waals surface area contributed by atoms with Crippen LogP contribution in [0.15, 0.2) is 8.68 Å². The maximum atomic E-state index is 11.8. The highest BCUT2D eigenvalue weighted by Gasteiger charge is 2.21. The van der Waals surface area contributed by atoms with Crippen molar-refractivity contribution in [1.29, 1.82) is 0 Å². The number of hydrogen-bond acceptors (Lipinski definition) is 9. The van der Waals surface area contributed by atoms with E-state index in [9.17, 15) is 19.2 Å². The molecule has 0 spiro atoms. The summed E-state index contributed by atoms with van der Waals surface area (Å²) in [7, 11) is 2.83. The van der Waals surface area contributed by atoms with Crippen LogP contribution in [0.2, 0.25) is 0 Å². The topological polar surface area (TPSA) is 142 Å². The van der Waals surface area contributed by atoms with Crippen molar-refractivity contribution in [2.75, 3.05) is 14.1 Å². The van der Waals surface area contributed by atoms with E-state index in [2.05, 4.69) is 31.5 Å². The van der Waals surface area contributed by atoms with Gasteiger partial charge in [-0.1, -0.05) is 34.9 Å². The maximum Gasteiger partial charge on any atom is 0.321 e. The standard InChI is InChI=1S/C12H18N6O4S3/c1-5(7(19)15-9(21)13-3)23-11-17-18-12(25-11)24-6(2)8(20)16-10(22)14-4/h5-6H,1-4H3,(H2,13,15,19,21)(H2,14,16,20,22). The summed E-state index contributed by atoms with van der Waals surface area (Å²) in [5.41, 5.74) is 0. The molecule has 13 heteroatoms. The first kappa shape index (κ1) is 21.2. The third-order valence-electron chi connectivity index (χ3n) is 2.61. The number of carbonyl (C=O) groups excluding carboxylic acids is 4. The highest BCUT2D eigenvalue weighted by molar-refractivity contribution is 8.04. The lowest BCUT2D eigenvalue weighted by atomic mass is 10.4. The third kappa shape index (κ3) is 7.27. The number of rotatable bonds is 6. The van der Waals surface area contributed by atoms with Gasteiger partial charge < -0.3 is 10.6 Å². The molecule has 0 aromatic carbocycles. The van der Waals surface area contributed by atoms with E-state index in [4.69, 9.17) is 0 Å². The van der Waals surface area contributed by atoms with Crippen LogP contribution in [0.1, 0.15) is 13.8 Å². The minimum Gasteiger partial charge on any atom is -0.341 e. The van der Waals surface area contributed by atoms with Crippen molar-refractivity contribution >= 4 is 58.7 Å². The Morgan fingerprint density at radius 3 is 1.52 bits per heavy atom. The van der Waals surface area contributed by atoms with Crippen molar-refractivity contribution in [1.82, 2.24) is 31.5 Å². The second-order valence-electron chi connectivity index (χ2n) is 4.49. The van der Waals surface area contributed by atoms with Gasteiger partial charge in [0, 0.05) is 14.1 Å². The molecule has 1 aromatic heterocycles. The number of carbonyl (C=O) groups is 4. The van der Waals surface area contributed by atoms with Crippen LogP contribution in [0.5, 0.6) is 0 Å². The molecule has 2 unspecified atom stereocenters. The first-order valence-electron chi connectivity index (χ1n) is 6.98. The van der Waals surface area contributed by atoms with Gasteiger partial charge in [0.15, 0.2) is 8.68 Å². The van der Waals surface area contributed by atoms with E-state index in [1.807, 2.05) is 0 Å². The summed E-state index contributed by atoms with van der Waals surface area (Å²) < 4.78 is 1.06. The smallest absolute Gasteiger partial charge is 0.321 e. The van der Waals surface area contributed by atoms with Gasteiger partial charge in [-0.2, -0.15) is 0 Å². The molecule has 0 aliphatic carbocycles. The quantitative estimate of drug-likeness (QED) is 0.498. The molecule has 0 saturated carbocycles. The molecule has 2 atom stereocenters. The molecule has 0 aliphatic rings. The molecule has 0 saturated heterocycles. The lowest BCUT2D eigenvalue weighted by Gasteiger charge is -2.09. The molecule has 0 aliphatic heterocycles. The van der Waals surface area contributed by atoms with Gasteiger partial charge in [-0.3, -0.25) is 20.2 Å². The lowest BCUT2D eigenvalue weighted by molar-refractivity contribution is -0.120. The molecule has 25 heavy (non-hydrogen) atoms. The van der Waals surface area contributed by atoms with Crippen LogP contribution in [0, 0.1) is 0 Å². The molecule has 0 bridgehead atoms. The fourth-order valence-electron chi connectivity index (χ4n) is 1.25. The maximum absolute atomic E-state index is 11.8. The zero-order chi connectivity index (χ0) is 19.0. The number of urea groups is 2. The molecule has 4 N–H and O–H groups in total. The summed E-state index contributed by atoms with van der Waals surface area (Å²) in [6.07, 6.45) is 0. The number of thioether (sulfide) groups is 2. The fourth-order valence-corrected chi connectivity index (χ4v) is 4.56. The van der Waals surface area contributed by atoms with Crippen LogP contribution in [-0.4, -0.2) is 58.7 Å². The van der Waals surface area contributed by atoms with Crippen LogP contribution in [0.3, 0.4) is 0 Å². The van der Waals surface area contributed by atoms with E-state index in [1.54, 1.807) is 13.8 Å². The van der Waals surface area contributed by atoms with Crippen molar-refractivity contribution in [3.63, 3.8) is 0 Å². The lowest BCUT2D eigenvalue weighted by Crippen LogP contribution is -2.41. The number of hydrogen-bond donors (Lipinski definition) is 4. The van der Waals surface area contributed by atoms with Crippen LogP contribution < -0.4 is 21.3 Å². The molecule has 0 radical (unpaired) electrons. The van der Waals surface area contributed by atoms with E-state index < -0.39 is 34.4 Å². The molecule has 10 nitrogen and oxygen atoms in total. The zero-order valence-corrected chi connectivity index (χ0v) is 16.4. The monoisotopic (exact) mass is 406 g/mol. The second kappa shape index (κ2) is 10.2. The predicted molar refractivity (Wildman–Crippen MR) is 95.7 cm³/mol. The molecule has 6 amide bonds. The number of imide groups is 2. The van der Waals surface area contributed by atoms with E-state index in [1.165, 1.54) is 25.4 Å². The highest BCUT2D eigenvalue weighted by atomic mass is 32.2. The van der Waals surface area contributed by atoms with Gasteiger partial charge in [0.2, 0.25) is 11.8 Å². The van der Waals surface area contributed by atoms with Crippen LogP contribution in [0.25, 0.3) is 0 Å². The Labute approximate surface area is 156 Å². The normalized spacial score (nSPS) is 12.6. The van der Waals surface area contributed by atoms with Gasteiger partial charge in [0.25, 0.3) is 0 Å². The van der Waals surface area contributed by atoms with E-state index in [0.29, 0.717) is 8.68 Å². The van der Waals surface area contributed by atoms with Crippen LogP contribution >= 0.6 is 34.9 Å². The summed E-state index contributed by atoms with van der Waals surface area (Å²) in [5.74, 6) is -0.904.